The van der Waals surface area contributed by atoms with Crippen molar-refractivity contribution >= 4 is 5.97 Å². The monoisotopic (exact) mass is 266 g/mol. The summed E-state index contributed by atoms with van der Waals surface area (Å²) in [5.41, 5.74) is 1.35. The first-order valence-corrected chi connectivity index (χ1v) is 6.10. The van der Waals surface area contributed by atoms with Crippen molar-refractivity contribution in [2.45, 2.75) is 31.8 Å². The molecule has 1 aromatic rings. The van der Waals surface area contributed by atoms with Crippen molar-refractivity contribution in [1.82, 2.24) is 0 Å². The number of carbonyl (C=O) groups excluding carboxylic acids is 1. The standard InChI is InChI=1S/C14H18O5/c1-14(2)18-8-11(19-14)9-5-4-6-10(7-9)12(15)13(16)17-3/h4-7,11-12,15H,8H2,1-3H3. The first-order chi connectivity index (χ1) is 8.93. The van der Waals surface area contributed by atoms with E-state index in [1.807, 2.05) is 19.9 Å². The largest absolute Gasteiger partial charge is 0.467 e. The van der Waals surface area contributed by atoms with Crippen LogP contribution in [0.4, 0.5) is 0 Å². The fourth-order valence-electron chi connectivity index (χ4n) is 2.03. The van der Waals surface area contributed by atoms with Gasteiger partial charge in [-0.3, -0.25) is 0 Å². The second kappa shape index (κ2) is 5.28. The quantitative estimate of drug-likeness (QED) is 0.844. The summed E-state index contributed by atoms with van der Waals surface area (Å²) in [7, 11) is 1.24. The van der Waals surface area contributed by atoms with Crippen LogP contribution < -0.4 is 0 Å². The third-order valence-electron chi connectivity index (χ3n) is 3.03. The van der Waals surface area contributed by atoms with Crippen LogP contribution in [-0.2, 0) is 19.0 Å². The maximum atomic E-state index is 11.3. The molecule has 2 atom stereocenters. The van der Waals surface area contributed by atoms with Gasteiger partial charge in [-0.1, -0.05) is 18.2 Å². The topological polar surface area (TPSA) is 65.0 Å². The minimum Gasteiger partial charge on any atom is -0.467 e. The van der Waals surface area contributed by atoms with Gasteiger partial charge in [0, 0.05) is 0 Å². The molecule has 1 saturated heterocycles. The molecule has 0 spiro atoms. The Hall–Kier alpha value is -1.43. The van der Waals surface area contributed by atoms with Gasteiger partial charge >= 0.3 is 5.97 Å². The number of esters is 1. The van der Waals surface area contributed by atoms with Crippen LogP contribution >= 0.6 is 0 Å². The molecule has 104 valence electrons. The molecule has 2 unspecified atom stereocenters. The van der Waals surface area contributed by atoms with Crippen molar-refractivity contribution in [3.63, 3.8) is 0 Å². The Morgan fingerprint density at radius 1 is 1.53 bits per heavy atom. The van der Waals surface area contributed by atoms with E-state index < -0.39 is 17.9 Å². The highest BCUT2D eigenvalue weighted by Gasteiger charge is 2.33. The molecule has 5 heteroatoms. The number of hydrogen-bond donors (Lipinski definition) is 1. The van der Waals surface area contributed by atoms with Gasteiger partial charge in [0.15, 0.2) is 11.9 Å². The van der Waals surface area contributed by atoms with Gasteiger partial charge in [-0.2, -0.15) is 0 Å². The molecule has 1 aliphatic rings. The third-order valence-corrected chi connectivity index (χ3v) is 3.03. The van der Waals surface area contributed by atoms with Crippen molar-refractivity contribution in [1.29, 1.82) is 0 Å². The zero-order valence-electron chi connectivity index (χ0n) is 11.3. The average molecular weight is 266 g/mol. The van der Waals surface area contributed by atoms with E-state index in [1.54, 1.807) is 18.2 Å². The normalized spacial score (nSPS) is 23.1. The lowest BCUT2D eigenvalue weighted by atomic mass is 10.0. The van der Waals surface area contributed by atoms with Crippen LogP contribution in [0, 0.1) is 0 Å². The van der Waals surface area contributed by atoms with E-state index in [9.17, 15) is 9.90 Å². The number of ether oxygens (including phenoxy) is 3. The number of carbonyl (C=O) groups is 1. The van der Waals surface area contributed by atoms with Crippen molar-refractivity contribution in [3.8, 4) is 0 Å². The SMILES string of the molecule is COC(=O)C(O)c1cccc(C2COC(C)(C)O2)c1. The molecular weight excluding hydrogens is 248 g/mol. The highest BCUT2D eigenvalue weighted by atomic mass is 16.7. The lowest BCUT2D eigenvalue weighted by Crippen LogP contribution is -2.19. The molecule has 5 nitrogen and oxygen atoms in total. The van der Waals surface area contributed by atoms with E-state index in [0.717, 1.165) is 5.56 Å². The number of aliphatic hydroxyl groups is 1. The van der Waals surface area contributed by atoms with Gasteiger partial charge < -0.3 is 19.3 Å². The summed E-state index contributed by atoms with van der Waals surface area (Å²) in [5.74, 6) is -1.29. The molecule has 0 saturated carbocycles. The van der Waals surface area contributed by atoms with Crippen molar-refractivity contribution in [3.05, 3.63) is 35.4 Å². The highest BCUT2D eigenvalue weighted by Crippen LogP contribution is 2.33. The Morgan fingerprint density at radius 2 is 2.26 bits per heavy atom. The summed E-state index contributed by atoms with van der Waals surface area (Å²) in [6.45, 7) is 4.14. The molecule has 1 aromatic carbocycles. The molecular formula is C14H18O5. The van der Waals surface area contributed by atoms with Crippen LogP contribution in [0.2, 0.25) is 0 Å². The predicted molar refractivity (Wildman–Crippen MR) is 67.3 cm³/mol. The van der Waals surface area contributed by atoms with Crippen LogP contribution in [0.1, 0.15) is 37.2 Å². The van der Waals surface area contributed by atoms with Gasteiger partial charge in [0.25, 0.3) is 0 Å². The van der Waals surface area contributed by atoms with Crippen LogP contribution in [-0.4, -0.2) is 30.6 Å². The minimum absolute atomic E-state index is 0.195. The van der Waals surface area contributed by atoms with Gasteiger partial charge in [0.1, 0.15) is 6.10 Å². The van der Waals surface area contributed by atoms with Gasteiger partial charge in [0.2, 0.25) is 0 Å². The first-order valence-electron chi connectivity index (χ1n) is 6.10. The zero-order chi connectivity index (χ0) is 14.0. The summed E-state index contributed by atoms with van der Waals surface area (Å²) < 4.78 is 15.8. The molecule has 0 aliphatic carbocycles. The van der Waals surface area contributed by atoms with Crippen molar-refractivity contribution in [2.75, 3.05) is 13.7 Å². The number of rotatable bonds is 3. The lowest BCUT2D eigenvalue weighted by molar-refractivity contribution is -0.150. The molecule has 1 N–H and O–H groups in total. The summed E-state index contributed by atoms with van der Waals surface area (Å²) in [4.78, 5) is 11.3. The van der Waals surface area contributed by atoms with Gasteiger partial charge in [-0.05, 0) is 31.0 Å². The van der Waals surface area contributed by atoms with Crippen LogP contribution in [0.3, 0.4) is 0 Å². The smallest absolute Gasteiger partial charge is 0.339 e. The summed E-state index contributed by atoms with van der Waals surface area (Å²) in [6.07, 6.45) is -1.47. The lowest BCUT2D eigenvalue weighted by Gasteiger charge is -2.18. The molecule has 0 radical (unpaired) electrons. The number of aliphatic hydroxyl groups excluding tert-OH is 1. The van der Waals surface area contributed by atoms with E-state index in [-0.39, 0.29) is 6.10 Å². The Morgan fingerprint density at radius 3 is 2.84 bits per heavy atom. The maximum Gasteiger partial charge on any atom is 0.339 e. The minimum atomic E-state index is -1.28. The van der Waals surface area contributed by atoms with Crippen LogP contribution in [0.5, 0.6) is 0 Å². The second-order valence-corrected chi connectivity index (χ2v) is 4.91. The van der Waals surface area contributed by atoms with E-state index in [2.05, 4.69) is 4.74 Å². The zero-order valence-corrected chi connectivity index (χ0v) is 11.3. The highest BCUT2D eigenvalue weighted by molar-refractivity contribution is 5.76. The fourth-order valence-corrected chi connectivity index (χ4v) is 2.03. The molecule has 1 heterocycles. The summed E-state index contributed by atoms with van der Waals surface area (Å²) >= 11 is 0. The maximum absolute atomic E-state index is 11.3. The Balaban J connectivity index is 2.18. The molecule has 2 rings (SSSR count). The summed E-state index contributed by atoms with van der Waals surface area (Å²) in [5, 5.41) is 9.81. The number of benzene rings is 1. The molecule has 0 aromatic heterocycles. The molecule has 19 heavy (non-hydrogen) atoms. The second-order valence-electron chi connectivity index (χ2n) is 4.91. The third kappa shape index (κ3) is 3.12. The van der Waals surface area contributed by atoms with Crippen molar-refractivity contribution in [2.24, 2.45) is 0 Å². The van der Waals surface area contributed by atoms with Crippen LogP contribution in [0.15, 0.2) is 24.3 Å². The number of hydrogen-bond acceptors (Lipinski definition) is 5. The fraction of sp³-hybridized carbons (Fsp3) is 0.500. The van der Waals surface area contributed by atoms with Crippen LogP contribution in [0.25, 0.3) is 0 Å². The molecule has 0 bridgehead atoms. The first kappa shape index (κ1) is 14.0. The van der Waals surface area contributed by atoms with Gasteiger partial charge in [-0.25, -0.2) is 4.79 Å². The Labute approximate surface area is 112 Å². The Kier molecular flexibility index (Phi) is 3.89. The molecule has 0 amide bonds. The molecule has 1 aliphatic heterocycles. The van der Waals surface area contributed by atoms with Crippen molar-refractivity contribution < 1.29 is 24.1 Å². The predicted octanol–water partition coefficient (Wildman–Crippen LogP) is 1.72. The van der Waals surface area contributed by atoms with Gasteiger partial charge in [-0.15, -0.1) is 0 Å². The van der Waals surface area contributed by atoms with E-state index in [0.29, 0.717) is 12.2 Å². The molecule has 1 fully saturated rings. The van der Waals surface area contributed by atoms with E-state index >= 15 is 0 Å². The number of methoxy groups -OCH3 is 1. The average Bonchev–Trinajstić information content (AvgIpc) is 2.77. The summed E-state index contributed by atoms with van der Waals surface area (Å²) in [6, 6.07) is 7.05. The van der Waals surface area contributed by atoms with E-state index in [4.69, 9.17) is 9.47 Å². The van der Waals surface area contributed by atoms with Gasteiger partial charge in [0.05, 0.1) is 13.7 Å². The Bertz CT molecular complexity index is 469. The van der Waals surface area contributed by atoms with E-state index in [1.165, 1.54) is 7.11 Å².